The first kappa shape index (κ1) is 21.7. The summed E-state index contributed by atoms with van der Waals surface area (Å²) in [5.41, 5.74) is 4.45. The second-order valence-corrected chi connectivity index (χ2v) is 8.19. The molecular weight excluding hydrogens is 424 g/mol. The number of carbonyl (C=O) groups excluding carboxylic acids is 1. The van der Waals surface area contributed by atoms with E-state index in [-0.39, 0.29) is 12.5 Å². The molecule has 0 unspecified atom stereocenters. The van der Waals surface area contributed by atoms with Gasteiger partial charge >= 0.3 is 0 Å². The van der Waals surface area contributed by atoms with E-state index in [4.69, 9.17) is 14.5 Å². The fourth-order valence-corrected chi connectivity index (χ4v) is 4.20. The van der Waals surface area contributed by atoms with Crippen LogP contribution in [-0.2, 0) is 17.1 Å². The van der Waals surface area contributed by atoms with Gasteiger partial charge < -0.3 is 14.8 Å². The molecule has 4 aromatic rings. The van der Waals surface area contributed by atoms with Gasteiger partial charge in [-0.15, -0.1) is 0 Å². The zero-order chi connectivity index (χ0) is 22.5. The Kier molecular flexibility index (Phi) is 6.61. The summed E-state index contributed by atoms with van der Waals surface area (Å²) in [6.07, 6.45) is 1.71. The topological polar surface area (TPSA) is 78.3 Å². The Morgan fingerprint density at radius 3 is 2.47 bits per heavy atom. The number of hydrogen-bond donors (Lipinski definition) is 1. The zero-order valence-corrected chi connectivity index (χ0v) is 19.0. The highest BCUT2D eigenvalue weighted by Gasteiger charge is 2.16. The number of anilines is 1. The maximum Gasteiger partial charge on any atom is 0.244 e. The second-order valence-electron chi connectivity index (χ2n) is 7.25. The van der Waals surface area contributed by atoms with Gasteiger partial charge in [0.05, 0.1) is 14.2 Å². The van der Waals surface area contributed by atoms with Crippen LogP contribution in [0.25, 0.3) is 11.2 Å². The standard InChI is InChI=1S/C24H24N4O3S/c1-16-6-8-17(9-7-16)15-32-24-27-21-5-4-10-25-23(21)28(24)14-22(29)26-18-11-19(30-2)13-20(12-18)31-3/h4-13H,14-15H2,1-3H3,(H,26,29). The maximum absolute atomic E-state index is 12.9. The van der Waals surface area contributed by atoms with E-state index in [0.29, 0.717) is 22.8 Å². The summed E-state index contributed by atoms with van der Waals surface area (Å²) in [6.45, 7) is 2.15. The molecule has 2 aromatic heterocycles. The van der Waals surface area contributed by atoms with Crippen LogP contribution >= 0.6 is 11.8 Å². The molecular formula is C24H24N4O3S. The summed E-state index contributed by atoms with van der Waals surface area (Å²) in [7, 11) is 3.14. The van der Waals surface area contributed by atoms with E-state index >= 15 is 0 Å². The van der Waals surface area contributed by atoms with Crippen molar-refractivity contribution in [2.75, 3.05) is 19.5 Å². The third kappa shape index (κ3) is 5.03. The number of pyridine rings is 1. The van der Waals surface area contributed by atoms with Crippen molar-refractivity contribution in [3.8, 4) is 11.5 Å². The van der Waals surface area contributed by atoms with E-state index in [1.54, 1.807) is 50.4 Å². The minimum absolute atomic E-state index is 0.0866. The molecule has 1 amide bonds. The van der Waals surface area contributed by atoms with E-state index in [9.17, 15) is 4.79 Å². The van der Waals surface area contributed by atoms with Crippen LogP contribution in [0.2, 0.25) is 0 Å². The van der Waals surface area contributed by atoms with E-state index in [0.717, 1.165) is 16.4 Å². The minimum atomic E-state index is -0.192. The Morgan fingerprint density at radius 1 is 1.06 bits per heavy atom. The first-order valence-corrected chi connectivity index (χ1v) is 11.1. The fraction of sp³-hybridized carbons (Fsp3) is 0.208. The molecule has 0 atom stereocenters. The smallest absolute Gasteiger partial charge is 0.244 e. The molecule has 0 aliphatic heterocycles. The predicted molar refractivity (Wildman–Crippen MR) is 126 cm³/mol. The number of ether oxygens (including phenoxy) is 2. The van der Waals surface area contributed by atoms with Gasteiger partial charge in [-0.2, -0.15) is 0 Å². The Hall–Kier alpha value is -3.52. The molecule has 0 bridgehead atoms. The summed E-state index contributed by atoms with van der Waals surface area (Å²) in [5, 5.41) is 3.66. The number of imidazole rings is 1. The Balaban J connectivity index is 1.55. The van der Waals surface area contributed by atoms with Crippen molar-refractivity contribution in [1.29, 1.82) is 0 Å². The number of fused-ring (bicyclic) bond motifs is 1. The summed E-state index contributed by atoms with van der Waals surface area (Å²) in [5.74, 6) is 1.76. The number of carbonyl (C=O) groups is 1. The largest absolute Gasteiger partial charge is 0.497 e. The molecule has 0 fully saturated rings. The SMILES string of the molecule is COc1cc(NC(=O)Cn2c(SCc3ccc(C)cc3)nc3cccnc32)cc(OC)c1. The zero-order valence-electron chi connectivity index (χ0n) is 18.2. The summed E-state index contributed by atoms with van der Waals surface area (Å²) in [4.78, 5) is 22.1. The van der Waals surface area contributed by atoms with Gasteiger partial charge in [0, 0.05) is 35.8 Å². The number of aromatic nitrogens is 3. The van der Waals surface area contributed by atoms with Gasteiger partial charge in [-0.1, -0.05) is 41.6 Å². The Labute approximate surface area is 190 Å². The third-order valence-electron chi connectivity index (χ3n) is 4.89. The lowest BCUT2D eigenvalue weighted by atomic mass is 10.2. The molecule has 1 N–H and O–H groups in total. The van der Waals surface area contributed by atoms with E-state index in [2.05, 4.69) is 41.5 Å². The van der Waals surface area contributed by atoms with Crippen molar-refractivity contribution < 1.29 is 14.3 Å². The number of amides is 1. The Bertz CT molecular complexity index is 1220. The molecule has 0 saturated carbocycles. The fourth-order valence-electron chi connectivity index (χ4n) is 3.25. The van der Waals surface area contributed by atoms with Crippen molar-refractivity contribution in [3.05, 3.63) is 71.9 Å². The summed E-state index contributed by atoms with van der Waals surface area (Å²) >= 11 is 1.58. The molecule has 8 heteroatoms. The van der Waals surface area contributed by atoms with Crippen LogP contribution in [0, 0.1) is 6.92 Å². The highest BCUT2D eigenvalue weighted by molar-refractivity contribution is 7.98. The van der Waals surface area contributed by atoms with Gasteiger partial charge in [-0.25, -0.2) is 9.97 Å². The van der Waals surface area contributed by atoms with E-state index < -0.39 is 0 Å². The predicted octanol–water partition coefficient (Wildman–Crippen LogP) is 4.69. The van der Waals surface area contributed by atoms with E-state index in [1.807, 2.05) is 16.7 Å². The Morgan fingerprint density at radius 2 is 1.78 bits per heavy atom. The molecule has 2 aromatic carbocycles. The molecule has 0 aliphatic carbocycles. The van der Waals surface area contributed by atoms with Crippen LogP contribution in [0.15, 0.2) is 66.0 Å². The van der Waals surface area contributed by atoms with Gasteiger partial charge in [0.2, 0.25) is 5.91 Å². The number of rotatable bonds is 8. The maximum atomic E-state index is 12.9. The highest BCUT2D eigenvalue weighted by Crippen LogP contribution is 2.28. The number of aryl methyl sites for hydroxylation is 1. The molecule has 0 radical (unpaired) electrons. The van der Waals surface area contributed by atoms with Gasteiger partial charge in [0.15, 0.2) is 10.8 Å². The van der Waals surface area contributed by atoms with Crippen LogP contribution < -0.4 is 14.8 Å². The molecule has 7 nitrogen and oxygen atoms in total. The van der Waals surface area contributed by atoms with E-state index in [1.165, 1.54) is 11.1 Å². The molecule has 2 heterocycles. The summed E-state index contributed by atoms with van der Waals surface area (Å²) < 4.78 is 12.4. The average molecular weight is 449 g/mol. The summed E-state index contributed by atoms with van der Waals surface area (Å²) in [6, 6.07) is 17.4. The normalized spacial score (nSPS) is 10.8. The molecule has 4 rings (SSSR count). The molecule has 32 heavy (non-hydrogen) atoms. The quantitative estimate of drug-likeness (QED) is 0.394. The van der Waals surface area contributed by atoms with Crippen LogP contribution in [0.4, 0.5) is 5.69 Å². The van der Waals surface area contributed by atoms with Crippen molar-refractivity contribution in [1.82, 2.24) is 14.5 Å². The number of nitrogens with zero attached hydrogens (tertiary/aromatic N) is 3. The number of methoxy groups -OCH3 is 2. The van der Waals surface area contributed by atoms with Crippen molar-refractivity contribution in [2.24, 2.45) is 0 Å². The van der Waals surface area contributed by atoms with Crippen molar-refractivity contribution >= 4 is 34.5 Å². The number of nitrogens with one attached hydrogen (secondary N) is 1. The lowest BCUT2D eigenvalue weighted by Crippen LogP contribution is -2.19. The monoisotopic (exact) mass is 448 g/mol. The van der Waals surface area contributed by atoms with Crippen LogP contribution in [-0.4, -0.2) is 34.7 Å². The van der Waals surface area contributed by atoms with Gasteiger partial charge in [0.1, 0.15) is 23.6 Å². The first-order chi connectivity index (χ1) is 15.6. The van der Waals surface area contributed by atoms with Crippen molar-refractivity contribution in [3.63, 3.8) is 0 Å². The van der Waals surface area contributed by atoms with Gasteiger partial charge in [0.25, 0.3) is 0 Å². The lowest BCUT2D eigenvalue weighted by molar-refractivity contribution is -0.116. The molecule has 164 valence electrons. The number of thioether (sulfide) groups is 1. The van der Waals surface area contributed by atoms with Gasteiger partial charge in [-0.05, 0) is 24.6 Å². The molecule has 0 aliphatic rings. The van der Waals surface area contributed by atoms with Crippen LogP contribution in [0.1, 0.15) is 11.1 Å². The van der Waals surface area contributed by atoms with Crippen LogP contribution in [0.5, 0.6) is 11.5 Å². The number of hydrogen-bond acceptors (Lipinski definition) is 6. The number of benzene rings is 2. The lowest BCUT2D eigenvalue weighted by Gasteiger charge is -2.11. The highest BCUT2D eigenvalue weighted by atomic mass is 32.2. The molecule has 0 saturated heterocycles. The third-order valence-corrected chi connectivity index (χ3v) is 5.94. The molecule has 0 spiro atoms. The average Bonchev–Trinajstić information content (AvgIpc) is 3.15. The second kappa shape index (κ2) is 9.74. The minimum Gasteiger partial charge on any atom is -0.497 e. The van der Waals surface area contributed by atoms with Gasteiger partial charge in [-0.3, -0.25) is 9.36 Å². The first-order valence-electron chi connectivity index (χ1n) is 10.1. The van der Waals surface area contributed by atoms with Crippen molar-refractivity contribution in [2.45, 2.75) is 24.4 Å². The van der Waals surface area contributed by atoms with Crippen LogP contribution in [0.3, 0.4) is 0 Å².